The summed E-state index contributed by atoms with van der Waals surface area (Å²) < 4.78 is 5.69. The Hall–Kier alpha value is -3.15. The van der Waals surface area contributed by atoms with Crippen LogP contribution in [0, 0.1) is 4.91 Å². The molecule has 1 aromatic heterocycles. The molecule has 6 heteroatoms. The minimum atomic E-state index is -0.504. The van der Waals surface area contributed by atoms with Crippen LogP contribution in [0.25, 0.3) is 10.9 Å². The number of nitroso groups, excluding NO2 is 1. The molecular formula is C24H25N3O3. The highest BCUT2D eigenvalue weighted by atomic mass is 16.5. The Morgan fingerprint density at radius 1 is 1.17 bits per heavy atom. The number of anilines is 1. The van der Waals surface area contributed by atoms with Gasteiger partial charge in [-0.05, 0) is 53.4 Å². The van der Waals surface area contributed by atoms with Crippen LogP contribution in [0.15, 0.2) is 41.6 Å². The third-order valence-corrected chi connectivity index (χ3v) is 6.30. The predicted octanol–water partition coefficient (Wildman–Crippen LogP) is 5.47. The number of hydrogen-bond acceptors (Lipinski definition) is 4. The smallest absolute Gasteiger partial charge is 0.235 e. The van der Waals surface area contributed by atoms with Crippen molar-refractivity contribution in [1.82, 2.24) is 4.98 Å². The molecule has 6 nitrogen and oxygen atoms in total. The van der Waals surface area contributed by atoms with E-state index in [0.717, 1.165) is 47.2 Å². The van der Waals surface area contributed by atoms with Crippen molar-refractivity contribution < 1.29 is 9.53 Å². The molecule has 1 fully saturated rings. The molecule has 2 aromatic carbocycles. The van der Waals surface area contributed by atoms with Gasteiger partial charge in [0.05, 0.1) is 17.7 Å². The van der Waals surface area contributed by atoms with Crippen LogP contribution in [0.3, 0.4) is 0 Å². The zero-order valence-corrected chi connectivity index (χ0v) is 17.5. The number of aromatic amines is 1. The van der Waals surface area contributed by atoms with Crippen molar-refractivity contribution >= 4 is 28.2 Å². The lowest BCUT2D eigenvalue weighted by atomic mass is 9.91. The molecule has 0 unspecified atom stereocenters. The Labute approximate surface area is 175 Å². The Morgan fingerprint density at radius 3 is 2.67 bits per heavy atom. The Bertz CT molecular complexity index is 1180. The molecule has 0 radical (unpaired) electrons. The highest BCUT2D eigenvalue weighted by Gasteiger charge is 2.51. The molecule has 1 aliphatic heterocycles. The van der Waals surface area contributed by atoms with Crippen molar-refractivity contribution in [2.24, 2.45) is 5.18 Å². The Balaban J connectivity index is 1.45. The number of rotatable bonds is 4. The molecule has 2 heterocycles. The monoisotopic (exact) mass is 403 g/mol. The van der Waals surface area contributed by atoms with E-state index in [2.05, 4.69) is 27.6 Å². The summed E-state index contributed by atoms with van der Waals surface area (Å²) in [5, 5.41) is 7.07. The topological polar surface area (TPSA) is 83.6 Å². The lowest BCUT2D eigenvalue weighted by Crippen LogP contribution is -2.27. The standard InChI is InChI=1S/C24H25N3O3/c1-23(2,3)21-20(27-29)17-13-16(6-7-18(17)26-21)25-22(28)24(9-10-24)15-5-4-14-8-11-30-19(14)12-15/h4-7,12-13,26H,8-11H2,1-3H3,(H,25,28). The molecule has 1 aliphatic carbocycles. The van der Waals surface area contributed by atoms with E-state index in [1.807, 2.05) is 45.0 Å². The Kier molecular flexibility index (Phi) is 4.04. The van der Waals surface area contributed by atoms with Crippen molar-refractivity contribution in [1.29, 1.82) is 0 Å². The van der Waals surface area contributed by atoms with Gasteiger partial charge in [-0.25, -0.2) is 0 Å². The van der Waals surface area contributed by atoms with Gasteiger partial charge in [-0.2, -0.15) is 0 Å². The number of benzene rings is 2. The molecule has 2 N–H and O–H groups in total. The maximum Gasteiger partial charge on any atom is 0.235 e. The maximum absolute atomic E-state index is 13.2. The van der Waals surface area contributed by atoms with Gasteiger partial charge in [-0.1, -0.05) is 32.9 Å². The van der Waals surface area contributed by atoms with Crippen molar-refractivity contribution in [2.75, 3.05) is 11.9 Å². The Morgan fingerprint density at radius 2 is 1.97 bits per heavy atom. The summed E-state index contributed by atoms with van der Waals surface area (Å²) in [7, 11) is 0. The molecule has 2 aliphatic rings. The first-order valence-corrected chi connectivity index (χ1v) is 10.4. The normalized spacial score (nSPS) is 16.8. The third kappa shape index (κ3) is 2.90. The average Bonchev–Trinajstić information content (AvgIpc) is 3.24. The number of carbonyl (C=O) groups excluding carboxylic acids is 1. The van der Waals surface area contributed by atoms with Crippen LogP contribution in [-0.2, 0) is 22.0 Å². The highest BCUT2D eigenvalue weighted by Crippen LogP contribution is 2.50. The number of aromatic nitrogens is 1. The second-order valence-electron chi connectivity index (χ2n) is 9.41. The van der Waals surface area contributed by atoms with Gasteiger partial charge in [0.15, 0.2) is 0 Å². The van der Waals surface area contributed by atoms with Crippen LogP contribution in [0.4, 0.5) is 11.4 Å². The van der Waals surface area contributed by atoms with E-state index in [-0.39, 0.29) is 11.3 Å². The van der Waals surface area contributed by atoms with E-state index >= 15 is 0 Å². The SMILES string of the molecule is CC(C)(C)c1[nH]c2ccc(NC(=O)C3(c4ccc5c(c4)OCC5)CC3)cc2c1N=O. The minimum Gasteiger partial charge on any atom is -0.493 e. The second kappa shape index (κ2) is 6.42. The summed E-state index contributed by atoms with van der Waals surface area (Å²) in [6.07, 6.45) is 2.56. The lowest BCUT2D eigenvalue weighted by molar-refractivity contribution is -0.118. The van der Waals surface area contributed by atoms with Crippen LogP contribution in [0.1, 0.15) is 50.4 Å². The van der Waals surface area contributed by atoms with Gasteiger partial charge in [-0.15, -0.1) is 4.91 Å². The molecule has 3 aromatic rings. The van der Waals surface area contributed by atoms with Gasteiger partial charge in [-0.3, -0.25) is 4.79 Å². The van der Waals surface area contributed by atoms with Gasteiger partial charge in [0.1, 0.15) is 11.4 Å². The molecule has 0 atom stereocenters. The van der Waals surface area contributed by atoms with E-state index in [0.29, 0.717) is 18.0 Å². The number of ether oxygens (including phenoxy) is 1. The van der Waals surface area contributed by atoms with Crippen molar-refractivity contribution in [3.05, 3.63) is 58.1 Å². The number of amides is 1. The number of nitrogens with one attached hydrogen (secondary N) is 2. The summed E-state index contributed by atoms with van der Waals surface area (Å²) in [5.74, 6) is 0.878. The zero-order valence-electron chi connectivity index (χ0n) is 17.5. The fraction of sp³-hybridized carbons (Fsp3) is 0.375. The van der Waals surface area contributed by atoms with Gasteiger partial charge in [0.25, 0.3) is 0 Å². The number of hydrogen-bond donors (Lipinski definition) is 2. The minimum absolute atomic E-state index is 0.0213. The van der Waals surface area contributed by atoms with Crippen LogP contribution in [0.2, 0.25) is 0 Å². The molecule has 30 heavy (non-hydrogen) atoms. The quantitative estimate of drug-likeness (QED) is 0.567. The predicted molar refractivity (Wildman–Crippen MR) is 118 cm³/mol. The average molecular weight is 403 g/mol. The third-order valence-electron chi connectivity index (χ3n) is 6.30. The largest absolute Gasteiger partial charge is 0.493 e. The first-order valence-electron chi connectivity index (χ1n) is 10.4. The summed E-state index contributed by atoms with van der Waals surface area (Å²) in [6, 6.07) is 11.7. The van der Waals surface area contributed by atoms with Crippen LogP contribution in [0.5, 0.6) is 5.75 Å². The van der Waals surface area contributed by atoms with Crippen LogP contribution >= 0.6 is 0 Å². The van der Waals surface area contributed by atoms with E-state index in [1.165, 1.54) is 5.56 Å². The summed E-state index contributed by atoms with van der Waals surface area (Å²) in [6.45, 7) is 6.81. The zero-order chi connectivity index (χ0) is 21.1. The van der Waals surface area contributed by atoms with E-state index < -0.39 is 5.41 Å². The maximum atomic E-state index is 13.2. The van der Waals surface area contributed by atoms with Gasteiger partial charge < -0.3 is 15.0 Å². The lowest BCUT2D eigenvalue weighted by Gasteiger charge is -2.17. The first kappa shape index (κ1) is 18.9. The van der Waals surface area contributed by atoms with Gasteiger partial charge in [0.2, 0.25) is 5.91 Å². The summed E-state index contributed by atoms with van der Waals surface area (Å²) in [4.78, 5) is 28.1. The molecule has 0 bridgehead atoms. The van der Waals surface area contributed by atoms with Crippen molar-refractivity contribution in [3.8, 4) is 5.75 Å². The first-order chi connectivity index (χ1) is 14.3. The van der Waals surface area contributed by atoms with E-state index in [9.17, 15) is 9.70 Å². The van der Waals surface area contributed by atoms with Gasteiger partial charge >= 0.3 is 0 Å². The number of carbonyl (C=O) groups is 1. The summed E-state index contributed by atoms with van der Waals surface area (Å²) >= 11 is 0. The second-order valence-corrected chi connectivity index (χ2v) is 9.41. The fourth-order valence-corrected chi connectivity index (χ4v) is 4.38. The number of nitrogens with zero attached hydrogens (tertiary/aromatic N) is 1. The van der Waals surface area contributed by atoms with Gasteiger partial charge in [0, 0.05) is 28.4 Å². The summed E-state index contributed by atoms with van der Waals surface area (Å²) in [5.41, 5.74) is 4.18. The molecule has 154 valence electrons. The van der Waals surface area contributed by atoms with E-state index in [4.69, 9.17) is 4.74 Å². The van der Waals surface area contributed by atoms with Crippen LogP contribution in [-0.4, -0.2) is 17.5 Å². The molecule has 1 saturated carbocycles. The van der Waals surface area contributed by atoms with Crippen molar-refractivity contribution in [3.63, 3.8) is 0 Å². The molecule has 0 spiro atoms. The fourth-order valence-electron chi connectivity index (χ4n) is 4.38. The highest BCUT2D eigenvalue weighted by molar-refractivity contribution is 6.04. The molecule has 0 saturated heterocycles. The molecule has 1 amide bonds. The molecule has 5 rings (SSSR count). The number of fused-ring (bicyclic) bond motifs is 2. The van der Waals surface area contributed by atoms with E-state index in [1.54, 1.807) is 0 Å². The molecular weight excluding hydrogens is 378 g/mol. The van der Waals surface area contributed by atoms with Crippen molar-refractivity contribution in [2.45, 2.75) is 50.9 Å². The number of H-pyrrole nitrogens is 1. The van der Waals surface area contributed by atoms with Crippen LogP contribution < -0.4 is 10.1 Å².